The van der Waals surface area contributed by atoms with Crippen molar-refractivity contribution in [2.24, 2.45) is 0 Å². The molecule has 36 heavy (non-hydrogen) atoms. The van der Waals surface area contributed by atoms with Crippen molar-refractivity contribution in [1.29, 1.82) is 0 Å². The lowest BCUT2D eigenvalue weighted by molar-refractivity contribution is -0.131. The predicted molar refractivity (Wildman–Crippen MR) is 148 cm³/mol. The Hall–Kier alpha value is -2.64. The van der Waals surface area contributed by atoms with Gasteiger partial charge in [0, 0.05) is 23.1 Å². The number of hydrogen-bond acceptors (Lipinski definition) is 5. The number of hydrogen-bond donors (Lipinski definition) is 1. The number of nitrogens with zero attached hydrogens (tertiary/aromatic N) is 1. The van der Waals surface area contributed by atoms with E-state index in [-0.39, 0.29) is 17.3 Å². The molecule has 2 aromatic carbocycles. The lowest BCUT2D eigenvalue weighted by Crippen LogP contribution is -2.33. The number of carbonyl (C=O) groups excluding carboxylic acids is 1. The van der Waals surface area contributed by atoms with E-state index >= 15 is 0 Å². The minimum Gasteiger partial charge on any atom is -0.493 e. The second kappa shape index (κ2) is 13.6. The van der Waals surface area contributed by atoms with E-state index in [0.717, 1.165) is 33.3 Å². The highest BCUT2D eigenvalue weighted by atomic mass is 79.9. The molecular weight excluding hydrogens is 560 g/mol. The molecule has 0 aliphatic carbocycles. The maximum Gasteiger partial charge on any atom is 0.241 e. The third-order valence-corrected chi connectivity index (χ3v) is 8.04. The SMILES string of the molecule is C#CCNS(=O)(=O)c1ccc(CCN(Cc2cc(Br)ccc2OCCC)C(=O)Cc2ccsc2)cc1. The maximum absolute atomic E-state index is 13.3. The summed E-state index contributed by atoms with van der Waals surface area (Å²) in [6.45, 7) is 3.47. The molecule has 1 N–H and O–H groups in total. The van der Waals surface area contributed by atoms with Crippen LogP contribution in [-0.4, -0.2) is 38.9 Å². The molecule has 0 unspecified atom stereocenters. The van der Waals surface area contributed by atoms with Gasteiger partial charge < -0.3 is 9.64 Å². The Morgan fingerprint density at radius 1 is 1.17 bits per heavy atom. The topological polar surface area (TPSA) is 75.7 Å². The van der Waals surface area contributed by atoms with Gasteiger partial charge in [-0.1, -0.05) is 40.9 Å². The Labute approximate surface area is 225 Å². The van der Waals surface area contributed by atoms with E-state index in [1.54, 1.807) is 35.6 Å². The van der Waals surface area contributed by atoms with E-state index in [2.05, 4.69) is 33.5 Å². The number of benzene rings is 2. The van der Waals surface area contributed by atoms with E-state index in [0.29, 0.717) is 32.5 Å². The van der Waals surface area contributed by atoms with Crippen molar-refractivity contribution in [3.63, 3.8) is 0 Å². The number of amides is 1. The molecule has 9 heteroatoms. The summed E-state index contributed by atoms with van der Waals surface area (Å²) in [6, 6.07) is 14.4. The molecule has 0 spiro atoms. The minimum absolute atomic E-state index is 0.0208. The minimum atomic E-state index is -3.64. The first-order valence-electron chi connectivity index (χ1n) is 11.5. The molecule has 1 aromatic heterocycles. The monoisotopic (exact) mass is 588 g/mol. The van der Waals surface area contributed by atoms with Crippen LogP contribution in [0.3, 0.4) is 0 Å². The number of nitrogens with one attached hydrogen (secondary N) is 1. The Bertz CT molecular complexity index is 1280. The van der Waals surface area contributed by atoms with Gasteiger partial charge in [0.1, 0.15) is 5.75 Å². The van der Waals surface area contributed by atoms with Crippen molar-refractivity contribution in [1.82, 2.24) is 9.62 Å². The van der Waals surface area contributed by atoms with E-state index in [4.69, 9.17) is 11.2 Å². The van der Waals surface area contributed by atoms with Crippen LogP contribution in [0.5, 0.6) is 5.75 Å². The number of carbonyl (C=O) groups is 1. The fourth-order valence-corrected chi connectivity index (χ4v) is 5.53. The average Bonchev–Trinajstić information content (AvgIpc) is 3.38. The van der Waals surface area contributed by atoms with Gasteiger partial charge in [-0.2, -0.15) is 16.1 Å². The van der Waals surface area contributed by atoms with Gasteiger partial charge in [-0.25, -0.2) is 8.42 Å². The molecular formula is C27H29BrN2O4S2. The van der Waals surface area contributed by atoms with Crippen LogP contribution < -0.4 is 9.46 Å². The van der Waals surface area contributed by atoms with Crippen LogP contribution in [0.4, 0.5) is 0 Å². The summed E-state index contributed by atoms with van der Waals surface area (Å²) < 4.78 is 33.7. The number of thiophene rings is 1. The molecule has 0 radical (unpaired) electrons. The Balaban J connectivity index is 1.77. The normalized spacial score (nSPS) is 11.1. The number of ether oxygens (including phenoxy) is 1. The number of terminal acetylenes is 1. The second-order valence-electron chi connectivity index (χ2n) is 8.15. The summed E-state index contributed by atoms with van der Waals surface area (Å²) in [7, 11) is -3.64. The van der Waals surface area contributed by atoms with Crippen LogP contribution in [0.2, 0.25) is 0 Å². The first-order valence-corrected chi connectivity index (χ1v) is 14.8. The summed E-state index contributed by atoms with van der Waals surface area (Å²) in [5, 5.41) is 3.95. The lowest BCUT2D eigenvalue weighted by atomic mass is 10.1. The third-order valence-electron chi connectivity index (χ3n) is 5.40. The number of halogens is 1. The van der Waals surface area contributed by atoms with Gasteiger partial charge in [0.25, 0.3) is 0 Å². The smallest absolute Gasteiger partial charge is 0.241 e. The van der Waals surface area contributed by atoms with E-state index < -0.39 is 10.0 Å². The third kappa shape index (κ3) is 8.20. The number of rotatable bonds is 13. The van der Waals surface area contributed by atoms with Crippen molar-refractivity contribution < 1.29 is 17.9 Å². The van der Waals surface area contributed by atoms with Crippen molar-refractivity contribution >= 4 is 43.2 Å². The fourth-order valence-electron chi connectivity index (χ4n) is 3.52. The highest BCUT2D eigenvalue weighted by Gasteiger charge is 2.18. The van der Waals surface area contributed by atoms with Gasteiger partial charge in [-0.3, -0.25) is 4.79 Å². The maximum atomic E-state index is 13.3. The molecule has 3 rings (SSSR count). The average molecular weight is 590 g/mol. The molecule has 0 atom stereocenters. The van der Waals surface area contributed by atoms with Gasteiger partial charge in [0.05, 0.1) is 24.5 Å². The van der Waals surface area contributed by atoms with Crippen LogP contribution in [0.15, 0.2) is 68.7 Å². The van der Waals surface area contributed by atoms with Crippen LogP contribution >= 0.6 is 27.3 Å². The molecule has 1 amide bonds. The molecule has 0 saturated heterocycles. The van der Waals surface area contributed by atoms with Crippen molar-refractivity contribution in [3.8, 4) is 18.1 Å². The predicted octanol–water partition coefficient (Wildman–Crippen LogP) is 5.02. The molecule has 0 fully saturated rings. The summed E-state index contributed by atoms with van der Waals surface area (Å²) in [4.78, 5) is 15.3. The van der Waals surface area contributed by atoms with Crippen LogP contribution in [-0.2, 0) is 34.2 Å². The van der Waals surface area contributed by atoms with E-state index in [1.165, 1.54) is 0 Å². The molecule has 1 heterocycles. The van der Waals surface area contributed by atoms with Crippen molar-refractivity contribution in [2.75, 3.05) is 19.7 Å². The van der Waals surface area contributed by atoms with Gasteiger partial charge in [0.15, 0.2) is 0 Å². The highest BCUT2D eigenvalue weighted by Crippen LogP contribution is 2.26. The fraction of sp³-hybridized carbons (Fsp3) is 0.296. The quantitative estimate of drug-likeness (QED) is 0.284. The second-order valence-corrected chi connectivity index (χ2v) is 11.6. The molecule has 0 aliphatic rings. The zero-order valence-corrected chi connectivity index (χ0v) is 23.3. The largest absolute Gasteiger partial charge is 0.493 e. The van der Waals surface area contributed by atoms with Crippen molar-refractivity contribution in [2.45, 2.75) is 37.6 Å². The molecule has 0 aliphatic heterocycles. The molecule has 6 nitrogen and oxygen atoms in total. The summed E-state index contributed by atoms with van der Waals surface area (Å²) in [5.41, 5.74) is 2.84. The van der Waals surface area contributed by atoms with Gasteiger partial charge in [-0.05, 0) is 71.1 Å². The zero-order valence-electron chi connectivity index (χ0n) is 20.1. The van der Waals surface area contributed by atoms with Crippen LogP contribution in [0.25, 0.3) is 0 Å². The first kappa shape index (κ1) is 27.9. The van der Waals surface area contributed by atoms with E-state index in [1.807, 2.05) is 39.9 Å². The molecule has 0 saturated carbocycles. The van der Waals surface area contributed by atoms with Gasteiger partial charge in [0.2, 0.25) is 15.9 Å². The Kier molecular flexibility index (Phi) is 10.6. The molecule has 3 aromatic rings. The highest BCUT2D eigenvalue weighted by molar-refractivity contribution is 9.10. The van der Waals surface area contributed by atoms with Gasteiger partial charge >= 0.3 is 0 Å². The first-order chi connectivity index (χ1) is 17.3. The Morgan fingerprint density at radius 3 is 2.61 bits per heavy atom. The van der Waals surface area contributed by atoms with Gasteiger partial charge in [-0.15, -0.1) is 6.42 Å². The summed E-state index contributed by atoms with van der Waals surface area (Å²) in [6.07, 6.45) is 6.94. The molecule has 0 bridgehead atoms. The standard InChI is InChI=1S/C27H29BrN2O4S2/c1-3-13-29-36(32,33)25-8-5-21(6-9-25)11-14-30(27(31)17-22-12-16-35-20-22)19-23-18-24(28)7-10-26(23)34-15-4-2/h1,5-10,12,16,18,20,29H,4,11,13-15,17,19H2,2H3. The van der Waals surface area contributed by atoms with Crippen LogP contribution in [0, 0.1) is 12.3 Å². The zero-order chi connectivity index (χ0) is 26.0. The Morgan fingerprint density at radius 2 is 1.94 bits per heavy atom. The lowest BCUT2D eigenvalue weighted by Gasteiger charge is -2.24. The van der Waals surface area contributed by atoms with Crippen LogP contribution in [0.1, 0.15) is 30.0 Å². The van der Waals surface area contributed by atoms with E-state index in [9.17, 15) is 13.2 Å². The number of sulfonamides is 1. The van der Waals surface area contributed by atoms with Crippen molar-refractivity contribution in [3.05, 3.63) is 80.5 Å². The summed E-state index contributed by atoms with van der Waals surface area (Å²) in [5.74, 6) is 3.05. The molecule has 190 valence electrons. The summed E-state index contributed by atoms with van der Waals surface area (Å²) >= 11 is 5.10.